The third-order valence-electron chi connectivity index (χ3n) is 5.04. The van der Waals surface area contributed by atoms with E-state index in [0.717, 1.165) is 30.6 Å². The van der Waals surface area contributed by atoms with E-state index in [0.29, 0.717) is 17.9 Å². The van der Waals surface area contributed by atoms with Gasteiger partial charge in [-0.3, -0.25) is 0 Å². The molecule has 0 aliphatic heterocycles. The van der Waals surface area contributed by atoms with Crippen LogP contribution in [0.25, 0.3) is 5.57 Å². The van der Waals surface area contributed by atoms with Gasteiger partial charge >= 0.3 is 0 Å². The first kappa shape index (κ1) is 21.6. The molecular formula is C22H30O4S. The highest BCUT2D eigenvalue weighted by molar-refractivity contribution is 7.10. The zero-order chi connectivity index (χ0) is 19.9. The summed E-state index contributed by atoms with van der Waals surface area (Å²) >= 11 is 1.66. The van der Waals surface area contributed by atoms with Crippen molar-refractivity contribution in [2.45, 2.75) is 65.0 Å². The van der Waals surface area contributed by atoms with Gasteiger partial charge in [0.25, 0.3) is 0 Å². The SMILES string of the molecule is CCC(O)(CC)CCC=C(C)c1csc(COc2ccc(C(O)O)cc2)c1. The van der Waals surface area contributed by atoms with Gasteiger partial charge in [-0.1, -0.05) is 32.1 Å². The minimum atomic E-state index is -1.46. The van der Waals surface area contributed by atoms with Crippen molar-refractivity contribution in [2.75, 3.05) is 0 Å². The van der Waals surface area contributed by atoms with E-state index in [2.05, 4.69) is 24.4 Å². The molecule has 1 heterocycles. The van der Waals surface area contributed by atoms with E-state index in [9.17, 15) is 5.11 Å². The van der Waals surface area contributed by atoms with E-state index >= 15 is 0 Å². The van der Waals surface area contributed by atoms with Gasteiger partial charge in [-0.2, -0.15) is 0 Å². The van der Waals surface area contributed by atoms with E-state index < -0.39 is 11.9 Å². The number of aliphatic hydroxyl groups is 3. The summed E-state index contributed by atoms with van der Waals surface area (Å²) in [5, 5.41) is 30.7. The Labute approximate surface area is 165 Å². The van der Waals surface area contributed by atoms with Gasteiger partial charge in [-0.25, -0.2) is 0 Å². The maximum atomic E-state index is 10.4. The lowest BCUT2D eigenvalue weighted by Crippen LogP contribution is -2.25. The van der Waals surface area contributed by atoms with Gasteiger partial charge in [0.2, 0.25) is 0 Å². The molecule has 0 aliphatic carbocycles. The Hall–Kier alpha value is -1.66. The number of allylic oxidation sites excluding steroid dienone is 2. The van der Waals surface area contributed by atoms with Crippen molar-refractivity contribution in [3.8, 4) is 5.75 Å². The first-order valence-corrected chi connectivity index (χ1v) is 10.3. The molecule has 1 aromatic carbocycles. The predicted octanol–water partition coefficient (Wildman–Crippen LogP) is 5.04. The van der Waals surface area contributed by atoms with Gasteiger partial charge in [0, 0.05) is 10.4 Å². The summed E-state index contributed by atoms with van der Waals surface area (Å²) in [5.74, 6) is 0.694. The Bertz CT molecular complexity index is 727. The van der Waals surface area contributed by atoms with Gasteiger partial charge in [0.15, 0.2) is 6.29 Å². The minimum Gasteiger partial charge on any atom is -0.488 e. The lowest BCUT2D eigenvalue weighted by molar-refractivity contribution is -0.0425. The van der Waals surface area contributed by atoms with E-state index in [1.54, 1.807) is 35.6 Å². The number of hydrogen-bond acceptors (Lipinski definition) is 5. The normalized spacial score (nSPS) is 12.6. The summed E-state index contributed by atoms with van der Waals surface area (Å²) in [7, 11) is 0. The van der Waals surface area contributed by atoms with Crippen LogP contribution in [-0.2, 0) is 6.61 Å². The van der Waals surface area contributed by atoms with Crippen molar-refractivity contribution < 1.29 is 20.1 Å². The second kappa shape index (κ2) is 10.0. The van der Waals surface area contributed by atoms with Gasteiger partial charge in [-0.05, 0) is 67.3 Å². The van der Waals surface area contributed by atoms with Crippen molar-refractivity contribution in [3.63, 3.8) is 0 Å². The fourth-order valence-electron chi connectivity index (χ4n) is 2.83. The molecule has 0 spiro atoms. The third-order valence-corrected chi connectivity index (χ3v) is 5.96. The monoisotopic (exact) mass is 390 g/mol. The molecule has 0 unspecified atom stereocenters. The molecule has 4 nitrogen and oxygen atoms in total. The highest BCUT2D eigenvalue weighted by Gasteiger charge is 2.20. The topological polar surface area (TPSA) is 69.9 Å². The first-order chi connectivity index (χ1) is 12.9. The molecule has 0 fully saturated rings. The number of rotatable bonds is 10. The number of aliphatic hydroxyl groups excluding tert-OH is 1. The Kier molecular flexibility index (Phi) is 8.05. The molecule has 0 aliphatic rings. The Balaban J connectivity index is 1.88. The molecule has 2 rings (SSSR count). The molecule has 0 amide bonds. The standard InChI is InChI=1S/C22H30O4S/c1-4-22(25,5-2)12-6-7-16(3)18-13-20(27-15-18)14-26-19-10-8-17(9-11-19)21(23)24/h7-11,13,15,21,23-25H,4-6,12,14H2,1-3H3. The van der Waals surface area contributed by atoms with Crippen molar-refractivity contribution in [1.29, 1.82) is 0 Å². The van der Waals surface area contributed by atoms with Crippen LogP contribution >= 0.6 is 11.3 Å². The van der Waals surface area contributed by atoms with Crippen LogP contribution in [0.3, 0.4) is 0 Å². The molecule has 2 aromatic rings. The highest BCUT2D eigenvalue weighted by Crippen LogP contribution is 2.26. The van der Waals surface area contributed by atoms with Crippen molar-refractivity contribution in [2.24, 2.45) is 0 Å². The van der Waals surface area contributed by atoms with E-state index in [-0.39, 0.29) is 0 Å². The van der Waals surface area contributed by atoms with Gasteiger partial charge in [-0.15, -0.1) is 11.3 Å². The van der Waals surface area contributed by atoms with E-state index in [4.69, 9.17) is 14.9 Å². The maximum absolute atomic E-state index is 10.4. The van der Waals surface area contributed by atoms with Crippen LogP contribution < -0.4 is 4.74 Å². The Morgan fingerprint density at radius 3 is 2.44 bits per heavy atom. The third kappa shape index (κ3) is 6.47. The average molecular weight is 391 g/mol. The molecule has 0 saturated heterocycles. The molecule has 3 N–H and O–H groups in total. The molecule has 0 saturated carbocycles. The molecule has 0 atom stereocenters. The smallest absolute Gasteiger partial charge is 0.178 e. The van der Waals surface area contributed by atoms with Crippen molar-refractivity contribution in [3.05, 3.63) is 57.8 Å². The lowest BCUT2D eigenvalue weighted by atomic mass is 9.91. The van der Waals surface area contributed by atoms with Gasteiger partial charge in [0.05, 0.1) is 5.60 Å². The second-order valence-electron chi connectivity index (χ2n) is 6.89. The van der Waals surface area contributed by atoms with Crippen molar-refractivity contribution in [1.82, 2.24) is 0 Å². The Morgan fingerprint density at radius 2 is 1.85 bits per heavy atom. The number of benzene rings is 1. The fourth-order valence-corrected chi connectivity index (χ4v) is 3.69. The summed E-state index contributed by atoms with van der Waals surface area (Å²) in [6, 6.07) is 8.88. The summed E-state index contributed by atoms with van der Waals surface area (Å²) < 4.78 is 5.77. The number of hydrogen-bond donors (Lipinski definition) is 3. The van der Waals surface area contributed by atoms with E-state index in [1.807, 2.05) is 13.8 Å². The van der Waals surface area contributed by atoms with E-state index in [1.165, 1.54) is 11.1 Å². The molecule has 148 valence electrons. The number of ether oxygens (including phenoxy) is 1. The lowest BCUT2D eigenvalue weighted by Gasteiger charge is -2.24. The average Bonchev–Trinajstić information content (AvgIpc) is 3.15. The second-order valence-corrected chi connectivity index (χ2v) is 7.89. The summed E-state index contributed by atoms with van der Waals surface area (Å²) in [5.41, 5.74) is 2.30. The van der Waals surface area contributed by atoms with Crippen LogP contribution in [0.1, 0.15) is 68.7 Å². The summed E-state index contributed by atoms with van der Waals surface area (Å²) in [4.78, 5) is 1.13. The fraction of sp³-hybridized carbons (Fsp3) is 0.455. The van der Waals surface area contributed by atoms with Crippen LogP contribution in [0.5, 0.6) is 5.75 Å². The summed E-state index contributed by atoms with van der Waals surface area (Å²) in [6.07, 6.45) is 3.97. The van der Waals surface area contributed by atoms with Crippen LogP contribution in [0.2, 0.25) is 0 Å². The quantitative estimate of drug-likeness (QED) is 0.497. The van der Waals surface area contributed by atoms with Gasteiger partial charge in [0.1, 0.15) is 12.4 Å². The van der Waals surface area contributed by atoms with Crippen LogP contribution in [0, 0.1) is 0 Å². The molecule has 0 radical (unpaired) electrons. The largest absolute Gasteiger partial charge is 0.488 e. The molecule has 27 heavy (non-hydrogen) atoms. The molecule has 1 aromatic heterocycles. The molecule has 5 heteroatoms. The number of thiophene rings is 1. The van der Waals surface area contributed by atoms with Gasteiger partial charge < -0.3 is 20.1 Å². The first-order valence-electron chi connectivity index (χ1n) is 9.42. The molecular weight excluding hydrogens is 360 g/mol. The zero-order valence-corrected chi connectivity index (χ0v) is 17.1. The van der Waals surface area contributed by atoms with Crippen LogP contribution in [0.4, 0.5) is 0 Å². The van der Waals surface area contributed by atoms with Crippen molar-refractivity contribution >= 4 is 16.9 Å². The zero-order valence-electron chi connectivity index (χ0n) is 16.3. The van der Waals surface area contributed by atoms with Crippen LogP contribution in [0.15, 0.2) is 41.8 Å². The highest BCUT2D eigenvalue weighted by atomic mass is 32.1. The van der Waals surface area contributed by atoms with Crippen LogP contribution in [-0.4, -0.2) is 20.9 Å². The Morgan fingerprint density at radius 1 is 1.19 bits per heavy atom. The maximum Gasteiger partial charge on any atom is 0.178 e. The summed E-state index contributed by atoms with van der Waals surface area (Å²) in [6.45, 7) is 6.64. The minimum absolute atomic E-state index is 0.444. The molecule has 0 bridgehead atoms. The predicted molar refractivity (Wildman–Crippen MR) is 111 cm³/mol.